The first-order chi connectivity index (χ1) is 9.58. The quantitative estimate of drug-likeness (QED) is 0.736. The van der Waals surface area contributed by atoms with Crippen molar-refractivity contribution in [2.45, 2.75) is 26.3 Å². The molecule has 1 aromatic carbocycles. The lowest BCUT2D eigenvalue weighted by molar-refractivity contribution is 0.544. The van der Waals surface area contributed by atoms with E-state index in [4.69, 9.17) is 0 Å². The van der Waals surface area contributed by atoms with Crippen molar-refractivity contribution in [3.8, 4) is 0 Å². The molecule has 0 fully saturated rings. The molecule has 1 aromatic heterocycles. The van der Waals surface area contributed by atoms with Gasteiger partial charge in [-0.05, 0) is 58.0 Å². The second-order valence-electron chi connectivity index (χ2n) is 4.44. The van der Waals surface area contributed by atoms with Gasteiger partial charge in [-0.2, -0.15) is 0 Å². The van der Waals surface area contributed by atoms with Crippen LogP contribution < -0.4 is 5.32 Å². The Labute approximate surface area is 130 Å². The molecule has 5 heteroatoms. The highest BCUT2D eigenvalue weighted by molar-refractivity contribution is 9.10. The maximum Gasteiger partial charge on any atom is 0.137 e. The Morgan fingerprint density at radius 1 is 1.25 bits per heavy atom. The van der Waals surface area contributed by atoms with Gasteiger partial charge in [0, 0.05) is 10.4 Å². The topological polar surface area (TPSA) is 12.0 Å². The van der Waals surface area contributed by atoms with Crippen LogP contribution in [0.1, 0.15) is 35.9 Å². The summed E-state index contributed by atoms with van der Waals surface area (Å²) in [5, 5.41) is 5.24. The lowest BCUT2D eigenvalue weighted by Crippen LogP contribution is -2.23. The summed E-state index contributed by atoms with van der Waals surface area (Å²) in [6.07, 6.45) is 0.876. The monoisotopic (exact) mass is 359 g/mol. The molecule has 0 aliphatic rings. The van der Waals surface area contributed by atoms with E-state index in [1.807, 2.05) is 18.4 Å². The van der Waals surface area contributed by atoms with Crippen LogP contribution in [0.15, 0.2) is 28.1 Å². The van der Waals surface area contributed by atoms with Gasteiger partial charge in [0.2, 0.25) is 0 Å². The first-order valence-electron chi connectivity index (χ1n) is 6.52. The lowest BCUT2D eigenvalue weighted by Gasteiger charge is -2.20. The maximum absolute atomic E-state index is 14.2. The molecule has 1 heterocycles. The fraction of sp³-hybridized carbons (Fsp3) is 0.333. The standard InChI is InChI=1S/C15H16BrF2NS/c1-3-9-5-6-20-15(9)14(19-4-2)10-7-13(18)11(16)8-12(10)17/h5-8,14,19H,3-4H2,1-2H3. The SMILES string of the molecule is CCNC(c1cc(F)c(Br)cc1F)c1sccc1CC. The minimum absolute atomic E-state index is 0.149. The molecule has 1 unspecified atom stereocenters. The molecule has 2 aromatic rings. The molecule has 0 saturated carbocycles. The average molecular weight is 360 g/mol. The molecule has 0 bridgehead atoms. The molecule has 20 heavy (non-hydrogen) atoms. The Kier molecular flexibility index (Phi) is 5.29. The van der Waals surface area contributed by atoms with Crippen molar-refractivity contribution in [1.29, 1.82) is 0 Å². The van der Waals surface area contributed by atoms with Crippen LogP contribution in [-0.4, -0.2) is 6.54 Å². The van der Waals surface area contributed by atoms with Crippen molar-refractivity contribution < 1.29 is 8.78 Å². The number of hydrogen-bond acceptors (Lipinski definition) is 2. The molecule has 2 rings (SSSR count). The summed E-state index contributed by atoms with van der Waals surface area (Å²) in [6, 6.07) is 4.19. The fourth-order valence-corrected chi connectivity index (χ4v) is 3.60. The van der Waals surface area contributed by atoms with Crippen molar-refractivity contribution in [2.24, 2.45) is 0 Å². The van der Waals surface area contributed by atoms with Gasteiger partial charge < -0.3 is 5.32 Å². The Bertz CT molecular complexity index is 598. The van der Waals surface area contributed by atoms with Crippen molar-refractivity contribution >= 4 is 27.3 Å². The van der Waals surface area contributed by atoms with Crippen LogP contribution >= 0.6 is 27.3 Å². The summed E-state index contributed by atoms with van der Waals surface area (Å²) in [6.45, 7) is 4.70. The Morgan fingerprint density at radius 2 is 2.00 bits per heavy atom. The second-order valence-corrected chi connectivity index (χ2v) is 6.24. The van der Waals surface area contributed by atoms with Crippen LogP contribution in [0, 0.1) is 11.6 Å². The predicted molar refractivity (Wildman–Crippen MR) is 83.3 cm³/mol. The number of halogens is 3. The van der Waals surface area contributed by atoms with Gasteiger partial charge in [0.25, 0.3) is 0 Å². The Morgan fingerprint density at radius 3 is 2.65 bits per heavy atom. The molecule has 0 saturated heterocycles. The Hall–Kier alpha value is -0.780. The van der Waals surface area contributed by atoms with Gasteiger partial charge in [0.05, 0.1) is 10.5 Å². The van der Waals surface area contributed by atoms with Gasteiger partial charge in [0.1, 0.15) is 11.6 Å². The number of nitrogens with one attached hydrogen (secondary N) is 1. The zero-order chi connectivity index (χ0) is 14.7. The summed E-state index contributed by atoms with van der Waals surface area (Å²) in [7, 11) is 0. The van der Waals surface area contributed by atoms with E-state index in [9.17, 15) is 8.78 Å². The van der Waals surface area contributed by atoms with Crippen LogP contribution in [0.25, 0.3) is 0 Å². The van der Waals surface area contributed by atoms with Crippen molar-refractivity contribution in [1.82, 2.24) is 5.32 Å². The molecular formula is C15H16BrF2NS. The zero-order valence-electron chi connectivity index (χ0n) is 11.3. The fourth-order valence-electron chi connectivity index (χ4n) is 2.20. The van der Waals surface area contributed by atoms with E-state index in [2.05, 4.69) is 28.2 Å². The minimum Gasteiger partial charge on any atom is -0.306 e. The third-order valence-corrected chi connectivity index (χ3v) is 4.81. The lowest BCUT2D eigenvalue weighted by atomic mass is 10.0. The molecule has 108 valence electrons. The normalized spacial score (nSPS) is 12.7. The molecule has 0 amide bonds. The van der Waals surface area contributed by atoms with E-state index in [-0.39, 0.29) is 10.5 Å². The van der Waals surface area contributed by atoms with Gasteiger partial charge in [-0.3, -0.25) is 0 Å². The highest BCUT2D eigenvalue weighted by Gasteiger charge is 2.22. The summed E-state index contributed by atoms with van der Waals surface area (Å²) >= 11 is 4.58. The first kappa shape index (κ1) is 15.6. The van der Waals surface area contributed by atoms with Crippen LogP contribution in [0.4, 0.5) is 8.78 Å². The van der Waals surface area contributed by atoms with Crippen molar-refractivity contribution in [2.75, 3.05) is 6.54 Å². The summed E-state index contributed by atoms with van der Waals surface area (Å²) < 4.78 is 28.1. The van der Waals surface area contributed by atoms with Crippen molar-refractivity contribution in [3.05, 3.63) is 55.7 Å². The molecule has 1 atom stereocenters. The molecular weight excluding hydrogens is 344 g/mol. The van der Waals surface area contributed by atoms with Crippen LogP contribution in [0.5, 0.6) is 0 Å². The summed E-state index contributed by atoms with van der Waals surface area (Å²) in [5.74, 6) is -0.849. The molecule has 0 radical (unpaired) electrons. The van der Waals surface area contributed by atoms with E-state index in [0.717, 1.165) is 11.3 Å². The number of aryl methyl sites for hydroxylation is 1. The van der Waals surface area contributed by atoms with E-state index in [1.54, 1.807) is 11.3 Å². The van der Waals surface area contributed by atoms with Gasteiger partial charge >= 0.3 is 0 Å². The van der Waals surface area contributed by atoms with Crippen LogP contribution in [-0.2, 0) is 6.42 Å². The highest BCUT2D eigenvalue weighted by Crippen LogP contribution is 2.33. The number of benzene rings is 1. The zero-order valence-corrected chi connectivity index (χ0v) is 13.7. The first-order valence-corrected chi connectivity index (χ1v) is 8.19. The second kappa shape index (κ2) is 6.78. The third kappa shape index (κ3) is 3.10. The molecule has 0 aliphatic heterocycles. The van der Waals surface area contributed by atoms with Crippen molar-refractivity contribution in [3.63, 3.8) is 0 Å². The van der Waals surface area contributed by atoms with E-state index in [1.165, 1.54) is 17.7 Å². The highest BCUT2D eigenvalue weighted by atomic mass is 79.9. The van der Waals surface area contributed by atoms with Gasteiger partial charge in [-0.25, -0.2) is 8.78 Å². The van der Waals surface area contributed by atoms with Crippen LogP contribution in [0.3, 0.4) is 0 Å². The predicted octanol–water partition coefficient (Wildman–Crippen LogP) is 5.05. The largest absolute Gasteiger partial charge is 0.306 e. The number of rotatable bonds is 5. The van der Waals surface area contributed by atoms with E-state index >= 15 is 0 Å². The van der Waals surface area contributed by atoms with Gasteiger partial charge in [0.15, 0.2) is 0 Å². The molecule has 1 nitrogen and oxygen atoms in total. The summed E-state index contributed by atoms with van der Waals surface area (Å²) in [5.41, 5.74) is 1.52. The maximum atomic E-state index is 14.2. The molecule has 0 aliphatic carbocycles. The van der Waals surface area contributed by atoms with E-state index < -0.39 is 11.6 Å². The molecule has 1 N–H and O–H groups in total. The van der Waals surface area contributed by atoms with Gasteiger partial charge in [-0.1, -0.05) is 13.8 Å². The molecule has 0 spiro atoms. The van der Waals surface area contributed by atoms with Crippen LogP contribution in [0.2, 0.25) is 0 Å². The minimum atomic E-state index is -0.445. The third-order valence-electron chi connectivity index (χ3n) is 3.18. The summed E-state index contributed by atoms with van der Waals surface area (Å²) in [4.78, 5) is 1.05. The average Bonchev–Trinajstić information content (AvgIpc) is 2.88. The van der Waals surface area contributed by atoms with E-state index in [0.29, 0.717) is 12.1 Å². The smallest absolute Gasteiger partial charge is 0.137 e. The number of thiophene rings is 1. The Balaban J connectivity index is 2.51. The van der Waals surface area contributed by atoms with Gasteiger partial charge in [-0.15, -0.1) is 11.3 Å². The number of hydrogen-bond donors (Lipinski definition) is 1.